The van der Waals surface area contributed by atoms with Crippen LogP contribution in [0.15, 0.2) is 36.4 Å². The Morgan fingerprint density at radius 1 is 0.839 bits per heavy atom. The lowest BCUT2D eigenvalue weighted by molar-refractivity contribution is 0.111. The van der Waals surface area contributed by atoms with Crippen molar-refractivity contribution < 1.29 is 24.4 Å². The number of methoxy groups -OCH3 is 2. The molecular formula is C25H35NO5. The molecule has 0 aromatic heterocycles. The van der Waals surface area contributed by atoms with Crippen molar-refractivity contribution in [2.24, 2.45) is 0 Å². The minimum Gasteiger partial charge on any atom is -0.493 e. The third-order valence-corrected chi connectivity index (χ3v) is 5.99. The van der Waals surface area contributed by atoms with Crippen LogP contribution < -0.4 is 14.2 Å². The predicted octanol–water partition coefficient (Wildman–Crippen LogP) is 3.81. The zero-order valence-electron chi connectivity index (χ0n) is 18.7. The van der Waals surface area contributed by atoms with E-state index in [1.54, 1.807) is 14.2 Å². The molecule has 6 nitrogen and oxygen atoms in total. The summed E-state index contributed by atoms with van der Waals surface area (Å²) >= 11 is 0. The summed E-state index contributed by atoms with van der Waals surface area (Å²) in [6, 6.07) is 12.5. The Kier molecular flexibility index (Phi) is 9.00. The summed E-state index contributed by atoms with van der Waals surface area (Å²) in [5.74, 6) is 2.75. The van der Waals surface area contributed by atoms with Gasteiger partial charge in [0, 0.05) is 19.1 Å². The molecule has 0 fully saturated rings. The SMILES string of the molecule is COc1ccc2cc1Oc1cc(ccc1OC)CCC(N(CCO)CCO)CCCC2. The Bertz CT molecular complexity index is 820. The van der Waals surface area contributed by atoms with Crippen molar-refractivity contribution in [3.8, 4) is 23.0 Å². The lowest BCUT2D eigenvalue weighted by atomic mass is 9.97. The molecule has 1 unspecified atom stereocenters. The maximum Gasteiger partial charge on any atom is 0.169 e. The topological polar surface area (TPSA) is 71.4 Å². The molecule has 0 spiro atoms. The number of hydrogen-bond donors (Lipinski definition) is 2. The highest BCUT2D eigenvalue weighted by Gasteiger charge is 2.19. The summed E-state index contributed by atoms with van der Waals surface area (Å²) in [4.78, 5) is 2.22. The number of nitrogens with zero attached hydrogens (tertiary/aromatic N) is 1. The number of benzene rings is 2. The first-order valence-corrected chi connectivity index (χ1v) is 11.2. The van der Waals surface area contributed by atoms with E-state index in [4.69, 9.17) is 14.2 Å². The zero-order valence-corrected chi connectivity index (χ0v) is 18.7. The van der Waals surface area contributed by atoms with Crippen molar-refractivity contribution in [2.75, 3.05) is 40.5 Å². The smallest absolute Gasteiger partial charge is 0.169 e. The van der Waals surface area contributed by atoms with Gasteiger partial charge in [-0.3, -0.25) is 4.90 Å². The molecule has 6 heteroatoms. The first-order chi connectivity index (χ1) is 15.2. The second-order valence-corrected chi connectivity index (χ2v) is 7.99. The van der Waals surface area contributed by atoms with E-state index < -0.39 is 0 Å². The lowest BCUT2D eigenvalue weighted by Gasteiger charge is -2.31. The number of hydrogen-bond acceptors (Lipinski definition) is 6. The van der Waals surface area contributed by atoms with Crippen molar-refractivity contribution in [2.45, 2.75) is 44.6 Å². The minimum absolute atomic E-state index is 0.103. The third-order valence-electron chi connectivity index (χ3n) is 5.99. The van der Waals surface area contributed by atoms with Gasteiger partial charge >= 0.3 is 0 Å². The zero-order chi connectivity index (χ0) is 22.1. The van der Waals surface area contributed by atoms with Gasteiger partial charge in [0.25, 0.3) is 0 Å². The van der Waals surface area contributed by atoms with Gasteiger partial charge in [-0.2, -0.15) is 0 Å². The van der Waals surface area contributed by atoms with Gasteiger partial charge in [-0.25, -0.2) is 0 Å². The molecule has 1 aliphatic heterocycles. The van der Waals surface area contributed by atoms with E-state index in [0.29, 0.717) is 42.1 Å². The van der Waals surface area contributed by atoms with Crippen molar-refractivity contribution in [3.63, 3.8) is 0 Å². The summed E-state index contributed by atoms with van der Waals surface area (Å²) in [6.07, 6.45) is 6.01. The highest BCUT2D eigenvalue weighted by Crippen LogP contribution is 2.38. The van der Waals surface area contributed by atoms with E-state index in [0.717, 1.165) is 38.5 Å². The normalized spacial score (nSPS) is 17.0. The Balaban J connectivity index is 1.92. The van der Waals surface area contributed by atoms with E-state index in [1.165, 1.54) is 11.1 Å². The fourth-order valence-corrected chi connectivity index (χ4v) is 4.32. The summed E-state index contributed by atoms with van der Waals surface area (Å²) in [7, 11) is 3.30. The molecule has 2 aromatic rings. The van der Waals surface area contributed by atoms with Crippen LogP contribution in [-0.4, -0.2) is 61.7 Å². The first-order valence-electron chi connectivity index (χ1n) is 11.2. The maximum absolute atomic E-state index is 9.50. The van der Waals surface area contributed by atoms with Crippen LogP contribution in [0.1, 0.15) is 36.8 Å². The van der Waals surface area contributed by atoms with Gasteiger partial charge in [0.2, 0.25) is 0 Å². The molecule has 0 radical (unpaired) electrons. The van der Waals surface area contributed by atoms with Crippen LogP contribution in [0, 0.1) is 0 Å². The van der Waals surface area contributed by atoms with E-state index in [2.05, 4.69) is 23.1 Å². The molecule has 31 heavy (non-hydrogen) atoms. The number of aliphatic hydroxyl groups is 2. The van der Waals surface area contributed by atoms with E-state index in [1.807, 2.05) is 18.2 Å². The highest BCUT2D eigenvalue weighted by molar-refractivity contribution is 5.50. The third kappa shape index (κ3) is 6.35. The van der Waals surface area contributed by atoms with Crippen molar-refractivity contribution >= 4 is 0 Å². The fraction of sp³-hybridized carbons (Fsp3) is 0.520. The Morgan fingerprint density at radius 2 is 1.42 bits per heavy atom. The second kappa shape index (κ2) is 11.9. The predicted molar refractivity (Wildman–Crippen MR) is 121 cm³/mol. The molecule has 170 valence electrons. The monoisotopic (exact) mass is 429 g/mol. The molecule has 2 N–H and O–H groups in total. The quantitative estimate of drug-likeness (QED) is 0.697. The van der Waals surface area contributed by atoms with E-state index >= 15 is 0 Å². The molecule has 0 aliphatic carbocycles. The van der Waals surface area contributed by atoms with Crippen LogP contribution in [0.2, 0.25) is 0 Å². The fourth-order valence-electron chi connectivity index (χ4n) is 4.32. The number of rotatable bonds is 7. The number of fused-ring (bicyclic) bond motifs is 4. The Morgan fingerprint density at radius 3 is 1.97 bits per heavy atom. The van der Waals surface area contributed by atoms with Crippen LogP contribution in [0.25, 0.3) is 0 Å². The van der Waals surface area contributed by atoms with Crippen LogP contribution in [0.4, 0.5) is 0 Å². The van der Waals surface area contributed by atoms with E-state index in [-0.39, 0.29) is 13.2 Å². The molecule has 0 saturated carbocycles. The average Bonchev–Trinajstić information content (AvgIpc) is 2.78. The molecule has 1 aliphatic rings. The average molecular weight is 430 g/mol. The summed E-state index contributed by atoms with van der Waals surface area (Å²) < 4.78 is 17.3. The van der Waals surface area contributed by atoms with Gasteiger partial charge in [-0.05, 0) is 67.5 Å². The molecule has 0 amide bonds. The van der Waals surface area contributed by atoms with Crippen LogP contribution in [-0.2, 0) is 12.8 Å². The summed E-state index contributed by atoms with van der Waals surface area (Å²) in [6.45, 7) is 1.38. The van der Waals surface area contributed by atoms with Crippen LogP contribution >= 0.6 is 0 Å². The van der Waals surface area contributed by atoms with E-state index in [9.17, 15) is 10.2 Å². The van der Waals surface area contributed by atoms with Gasteiger partial charge < -0.3 is 24.4 Å². The number of aryl methyl sites for hydroxylation is 2. The summed E-state index contributed by atoms with van der Waals surface area (Å²) in [5.41, 5.74) is 2.38. The Labute approximate surface area is 185 Å². The van der Waals surface area contributed by atoms with Crippen molar-refractivity contribution in [1.82, 2.24) is 4.90 Å². The molecule has 2 aromatic carbocycles. The second-order valence-electron chi connectivity index (χ2n) is 7.99. The van der Waals surface area contributed by atoms with Crippen molar-refractivity contribution in [1.29, 1.82) is 0 Å². The van der Waals surface area contributed by atoms with Gasteiger partial charge in [0.1, 0.15) is 0 Å². The highest BCUT2D eigenvalue weighted by atomic mass is 16.5. The Hall–Kier alpha value is -2.28. The molecule has 0 saturated heterocycles. The standard InChI is InChI=1S/C25H35NO5/c1-29-22-11-8-19-5-3-4-6-21(26(13-15-27)14-16-28)10-7-20-9-12-23(30-2)25(18-20)31-24(22)17-19/h8-9,11-12,17-18,21,27-28H,3-7,10,13-16H2,1-2H3. The van der Waals surface area contributed by atoms with Crippen LogP contribution in [0.3, 0.4) is 0 Å². The van der Waals surface area contributed by atoms with Gasteiger partial charge in [-0.1, -0.05) is 18.6 Å². The lowest BCUT2D eigenvalue weighted by Crippen LogP contribution is -2.39. The molecule has 3 rings (SSSR count). The van der Waals surface area contributed by atoms with Gasteiger partial charge in [-0.15, -0.1) is 0 Å². The molecule has 1 atom stereocenters. The summed E-state index contributed by atoms with van der Waals surface area (Å²) in [5, 5.41) is 19.0. The maximum atomic E-state index is 9.50. The van der Waals surface area contributed by atoms with Gasteiger partial charge in [0.15, 0.2) is 23.0 Å². The van der Waals surface area contributed by atoms with Crippen molar-refractivity contribution in [3.05, 3.63) is 47.5 Å². The first kappa shape index (κ1) is 23.4. The largest absolute Gasteiger partial charge is 0.493 e. The van der Waals surface area contributed by atoms with Gasteiger partial charge in [0.05, 0.1) is 27.4 Å². The number of ether oxygens (including phenoxy) is 3. The number of aliphatic hydroxyl groups excluding tert-OH is 2. The van der Waals surface area contributed by atoms with Crippen LogP contribution in [0.5, 0.6) is 23.0 Å². The molecule has 4 bridgehead atoms. The molecule has 1 heterocycles. The minimum atomic E-state index is 0.103. The molecular weight excluding hydrogens is 394 g/mol.